The van der Waals surface area contributed by atoms with Crippen LogP contribution in [0, 0.1) is 0 Å². The van der Waals surface area contributed by atoms with Gasteiger partial charge in [0.2, 0.25) is 11.8 Å². The highest BCUT2D eigenvalue weighted by molar-refractivity contribution is 5.84. The maximum Gasteiger partial charge on any atom is 0.241 e. The Morgan fingerprint density at radius 2 is 1.76 bits per heavy atom. The van der Waals surface area contributed by atoms with Crippen molar-refractivity contribution in [2.24, 2.45) is 0 Å². The summed E-state index contributed by atoms with van der Waals surface area (Å²) in [5, 5.41) is 2.85. The number of nitrogens with one attached hydrogen (secondary N) is 1. The number of likely N-dealkylation sites (N-methyl/N-ethyl adjacent to an activating group) is 1. The molecular formula is C16H25N3O2. The molecule has 0 aliphatic heterocycles. The van der Waals surface area contributed by atoms with Crippen LogP contribution in [0.4, 0.5) is 0 Å². The van der Waals surface area contributed by atoms with Crippen LogP contribution < -0.4 is 5.32 Å². The van der Waals surface area contributed by atoms with E-state index in [4.69, 9.17) is 0 Å². The monoisotopic (exact) mass is 291 g/mol. The summed E-state index contributed by atoms with van der Waals surface area (Å²) in [6, 6.07) is 9.34. The Hall–Kier alpha value is -1.88. The molecular weight excluding hydrogens is 266 g/mol. The predicted octanol–water partition coefficient (Wildman–Crippen LogP) is 1.27. The van der Waals surface area contributed by atoms with Crippen LogP contribution in [0.2, 0.25) is 0 Å². The molecule has 1 aromatic carbocycles. The first-order chi connectivity index (χ1) is 9.97. The van der Waals surface area contributed by atoms with E-state index in [0.717, 1.165) is 12.1 Å². The molecule has 0 radical (unpaired) electrons. The quantitative estimate of drug-likeness (QED) is 0.823. The Morgan fingerprint density at radius 3 is 2.29 bits per heavy atom. The number of carbonyl (C=O) groups excluding carboxylic acids is 2. The number of benzene rings is 1. The molecule has 116 valence electrons. The van der Waals surface area contributed by atoms with Gasteiger partial charge in [-0.25, -0.2) is 0 Å². The van der Waals surface area contributed by atoms with E-state index in [1.165, 1.54) is 4.90 Å². The van der Waals surface area contributed by atoms with Crippen molar-refractivity contribution in [3.63, 3.8) is 0 Å². The molecule has 1 unspecified atom stereocenters. The highest BCUT2D eigenvalue weighted by atomic mass is 16.2. The highest BCUT2D eigenvalue weighted by Crippen LogP contribution is 2.19. The molecule has 5 nitrogen and oxygen atoms in total. The lowest BCUT2D eigenvalue weighted by Crippen LogP contribution is -2.40. The third-order valence-corrected chi connectivity index (χ3v) is 3.44. The van der Waals surface area contributed by atoms with Crippen molar-refractivity contribution in [3.05, 3.63) is 35.9 Å². The molecule has 0 aromatic heterocycles. The Balaban J connectivity index is 2.67. The molecule has 0 spiro atoms. The zero-order valence-corrected chi connectivity index (χ0v) is 13.3. The number of hydrogen-bond acceptors (Lipinski definition) is 3. The van der Waals surface area contributed by atoms with Crippen LogP contribution in [0.15, 0.2) is 30.3 Å². The first-order valence-corrected chi connectivity index (χ1v) is 7.20. The van der Waals surface area contributed by atoms with Gasteiger partial charge in [-0.2, -0.15) is 0 Å². The fourth-order valence-corrected chi connectivity index (χ4v) is 2.04. The van der Waals surface area contributed by atoms with Gasteiger partial charge in [0.1, 0.15) is 6.04 Å². The summed E-state index contributed by atoms with van der Waals surface area (Å²) >= 11 is 0. The average Bonchev–Trinajstić information content (AvgIpc) is 2.48. The van der Waals surface area contributed by atoms with Crippen LogP contribution in [0.3, 0.4) is 0 Å². The normalized spacial score (nSPS) is 12.0. The van der Waals surface area contributed by atoms with E-state index in [9.17, 15) is 9.59 Å². The second-order valence-corrected chi connectivity index (χ2v) is 5.22. The predicted molar refractivity (Wildman–Crippen MR) is 83.8 cm³/mol. The average molecular weight is 291 g/mol. The number of amides is 2. The van der Waals surface area contributed by atoms with Gasteiger partial charge in [-0.15, -0.1) is 0 Å². The summed E-state index contributed by atoms with van der Waals surface area (Å²) in [7, 11) is 5.34. The van der Waals surface area contributed by atoms with Gasteiger partial charge >= 0.3 is 0 Å². The SMILES string of the molecule is CCN(C)C(C(=O)NCCC(=O)N(C)C)c1ccccc1. The molecule has 0 saturated heterocycles. The van der Waals surface area contributed by atoms with Crippen molar-refractivity contribution in [3.8, 4) is 0 Å². The van der Waals surface area contributed by atoms with Crippen molar-refractivity contribution < 1.29 is 9.59 Å². The van der Waals surface area contributed by atoms with Crippen molar-refractivity contribution in [2.75, 3.05) is 34.2 Å². The van der Waals surface area contributed by atoms with Crippen LogP contribution in [0.5, 0.6) is 0 Å². The van der Waals surface area contributed by atoms with E-state index in [1.54, 1.807) is 14.1 Å². The van der Waals surface area contributed by atoms with Crippen LogP contribution >= 0.6 is 0 Å². The summed E-state index contributed by atoms with van der Waals surface area (Å²) in [5.41, 5.74) is 0.957. The molecule has 0 bridgehead atoms. The molecule has 0 fully saturated rings. The summed E-state index contributed by atoms with van der Waals surface area (Å²) in [4.78, 5) is 27.4. The minimum Gasteiger partial charge on any atom is -0.354 e. The van der Waals surface area contributed by atoms with Gasteiger partial charge in [0.05, 0.1) is 0 Å². The lowest BCUT2D eigenvalue weighted by Gasteiger charge is -2.26. The van der Waals surface area contributed by atoms with Crippen molar-refractivity contribution in [2.45, 2.75) is 19.4 Å². The first-order valence-electron chi connectivity index (χ1n) is 7.20. The van der Waals surface area contributed by atoms with Gasteiger partial charge in [0.25, 0.3) is 0 Å². The molecule has 1 N–H and O–H groups in total. The van der Waals surface area contributed by atoms with Crippen molar-refractivity contribution in [1.29, 1.82) is 0 Å². The molecule has 0 saturated carbocycles. The van der Waals surface area contributed by atoms with Crippen LogP contribution in [-0.2, 0) is 9.59 Å². The lowest BCUT2D eigenvalue weighted by atomic mass is 10.0. The third-order valence-electron chi connectivity index (χ3n) is 3.44. The maximum absolute atomic E-state index is 12.4. The molecule has 0 heterocycles. The maximum atomic E-state index is 12.4. The van der Waals surface area contributed by atoms with E-state index in [1.807, 2.05) is 49.2 Å². The van der Waals surface area contributed by atoms with Gasteiger partial charge in [0, 0.05) is 27.1 Å². The summed E-state index contributed by atoms with van der Waals surface area (Å²) < 4.78 is 0. The zero-order valence-electron chi connectivity index (χ0n) is 13.3. The molecule has 1 aromatic rings. The van der Waals surface area contributed by atoms with Crippen LogP contribution in [-0.4, -0.2) is 55.8 Å². The smallest absolute Gasteiger partial charge is 0.241 e. The van der Waals surface area contributed by atoms with E-state index < -0.39 is 0 Å². The molecule has 0 aliphatic carbocycles. The van der Waals surface area contributed by atoms with E-state index >= 15 is 0 Å². The molecule has 1 rings (SSSR count). The summed E-state index contributed by atoms with van der Waals surface area (Å²) in [5.74, 6) is -0.0625. The highest BCUT2D eigenvalue weighted by Gasteiger charge is 2.23. The lowest BCUT2D eigenvalue weighted by molar-refractivity contribution is -0.129. The molecule has 2 amide bonds. The van der Waals surface area contributed by atoms with Crippen molar-refractivity contribution in [1.82, 2.24) is 15.1 Å². The van der Waals surface area contributed by atoms with E-state index in [-0.39, 0.29) is 17.9 Å². The minimum atomic E-state index is -0.328. The van der Waals surface area contributed by atoms with E-state index in [0.29, 0.717) is 13.0 Å². The Morgan fingerprint density at radius 1 is 1.14 bits per heavy atom. The molecule has 21 heavy (non-hydrogen) atoms. The topological polar surface area (TPSA) is 52.7 Å². The standard InChI is InChI=1S/C16H25N3O2/c1-5-19(4)15(13-9-7-6-8-10-13)16(21)17-12-11-14(20)18(2)3/h6-10,15H,5,11-12H2,1-4H3,(H,17,21). The molecule has 1 atom stereocenters. The van der Waals surface area contributed by atoms with E-state index in [2.05, 4.69) is 5.32 Å². The molecule has 0 aliphatic rings. The number of hydrogen-bond donors (Lipinski definition) is 1. The second-order valence-electron chi connectivity index (χ2n) is 5.22. The Kier molecular flexibility index (Phi) is 6.88. The van der Waals surface area contributed by atoms with Gasteiger partial charge in [-0.3, -0.25) is 14.5 Å². The molecule has 5 heteroatoms. The van der Waals surface area contributed by atoms with Crippen LogP contribution in [0.25, 0.3) is 0 Å². The number of rotatable bonds is 7. The van der Waals surface area contributed by atoms with Gasteiger partial charge in [-0.1, -0.05) is 37.3 Å². The van der Waals surface area contributed by atoms with Gasteiger partial charge in [0.15, 0.2) is 0 Å². The summed E-state index contributed by atoms with van der Waals surface area (Å²) in [6.45, 7) is 3.14. The largest absolute Gasteiger partial charge is 0.354 e. The second kappa shape index (κ2) is 8.42. The first kappa shape index (κ1) is 17.2. The van der Waals surface area contributed by atoms with Gasteiger partial charge in [-0.05, 0) is 19.2 Å². The fraction of sp³-hybridized carbons (Fsp3) is 0.500. The minimum absolute atomic E-state index is 0.00964. The van der Waals surface area contributed by atoms with Crippen LogP contribution in [0.1, 0.15) is 24.9 Å². The number of nitrogens with zero attached hydrogens (tertiary/aromatic N) is 2. The van der Waals surface area contributed by atoms with Crippen molar-refractivity contribution >= 4 is 11.8 Å². The third kappa shape index (κ3) is 5.19. The zero-order chi connectivity index (χ0) is 15.8. The number of carbonyl (C=O) groups is 2. The Bertz CT molecular complexity index is 460. The Labute approximate surface area is 126 Å². The summed E-state index contributed by atoms with van der Waals surface area (Å²) in [6.07, 6.45) is 0.316. The van der Waals surface area contributed by atoms with Gasteiger partial charge < -0.3 is 10.2 Å². The fourth-order valence-electron chi connectivity index (χ4n) is 2.04.